The Kier molecular flexibility index (Phi) is 4.07. The Bertz CT molecular complexity index is 935. The maximum absolute atomic E-state index is 14.8. The molecule has 3 aromatic rings. The van der Waals surface area contributed by atoms with Gasteiger partial charge in [-0.25, -0.2) is 8.78 Å². The van der Waals surface area contributed by atoms with E-state index in [1.54, 1.807) is 30.5 Å². The van der Waals surface area contributed by atoms with Crippen molar-refractivity contribution < 1.29 is 8.78 Å². The van der Waals surface area contributed by atoms with E-state index in [-0.39, 0.29) is 11.6 Å². The first-order valence-corrected chi connectivity index (χ1v) is 8.00. The minimum Gasteiger partial charge on any atom is -0.309 e. The largest absolute Gasteiger partial charge is 0.309 e. The Balaban J connectivity index is 1.84. The molecule has 2 aromatic carbocycles. The molecule has 0 saturated carbocycles. The molecule has 0 spiro atoms. The molecule has 0 aliphatic carbocycles. The third-order valence-corrected chi connectivity index (χ3v) is 4.25. The van der Waals surface area contributed by atoms with Crippen LogP contribution in [0.15, 0.2) is 60.8 Å². The van der Waals surface area contributed by atoms with Gasteiger partial charge in [-0.15, -0.1) is 0 Å². The molecule has 0 bridgehead atoms. The summed E-state index contributed by atoms with van der Waals surface area (Å²) < 4.78 is 28.0. The lowest BCUT2D eigenvalue weighted by Gasteiger charge is -2.14. The van der Waals surface area contributed by atoms with E-state index in [0.29, 0.717) is 24.3 Å². The molecule has 0 unspecified atom stereocenters. The molecule has 1 aliphatic heterocycles. The molecule has 5 heteroatoms. The summed E-state index contributed by atoms with van der Waals surface area (Å²) in [5.41, 5.74) is 4.45. The smallest absolute Gasteiger partial charge is 0.133 e. The van der Waals surface area contributed by atoms with Crippen molar-refractivity contribution in [2.45, 2.75) is 6.54 Å². The summed E-state index contributed by atoms with van der Waals surface area (Å²) in [5.74, 6) is -0.644. The quantitative estimate of drug-likeness (QED) is 0.770. The molecule has 0 atom stereocenters. The summed E-state index contributed by atoms with van der Waals surface area (Å²) in [6.07, 6.45) is 3.56. The molecule has 0 saturated heterocycles. The summed E-state index contributed by atoms with van der Waals surface area (Å²) in [4.78, 5) is 0. The number of benzene rings is 2. The molecule has 1 aromatic heterocycles. The van der Waals surface area contributed by atoms with Crippen LogP contribution in [0.2, 0.25) is 0 Å². The van der Waals surface area contributed by atoms with E-state index < -0.39 is 0 Å². The fraction of sp³-hybridized carbons (Fsp3) is 0.100. The SMILES string of the molecule is Fc1ccc(C2=CCNCc3cc(-c4cccnn4)c(F)cc32)cc1. The average Bonchev–Trinajstić information content (AvgIpc) is 2.84. The fourth-order valence-electron chi connectivity index (χ4n) is 3.05. The highest BCUT2D eigenvalue weighted by Gasteiger charge is 2.18. The zero-order valence-corrected chi connectivity index (χ0v) is 13.3. The standard InChI is InChI=1S/C20H15F2N3/c21-15-5-3-13(4-6-15)16-7-9-23-12-14-10-18(19(22)11-17(14)16)20-2-1-8-24-25-20/h1-8,10-11,23H,9,12H2. The Labute approximate surface area is 144 Å². The maximum Gasteiger partial charge on any atom is 0.133 e. The van der Waals surface area contributed by atoms with Gasteiger partial charge in [-0.2, -0.15) is 10.2 Å². The average molecular weight is 335 g/mol. The van der Waals surface area contributed by atoms with Crippen molar-refractivity contribution in [3.05, 3.63) is 89.1 Å². The lowest BCUT2D eigenvalue weighted by Crippen LogP contribution is -2.11. The molecule has 3 nitrogen and oxygen atoms in total. The van der Waals surface area contributed by atoms with Crippen molar-refractivity contribution in [2.75, 3.05) is 6.54 Å². The van der Waals surface area contributed by atoms with Crippen LogP contribution in [0.25, 0.3) is 16.8 Å². The Hall–Kier alpha value is -2.92. The highest BCUT2D eigenvalue weighted by molar-refractivity contribution is 5.83. The molecule has 124 valence electrons. The highest BCUT2D eigenvalue weighted by Crippen LogP contribution is 2.32. The zero-order chi connectivity index (χ0) is 17.2. The molecule has 4 rings (SSSR count). The molecule has 0 fully saturated rings. The van der Waals surface area contributed by atoms with Gasteiger partial charge in [0.25, 0.3) is 0 Å². The van der Waals surface area contributed by atoms with Gasteiger partial charge in [-0.1, -0.05) is 18.2 Å². The molecule has 0 radical (unpaired) electrons. The van der Waals surface area contributed by atoms with Crippen LogP contribution >= 0.6 is 0 Å². The van der Waals surface area contributed by atoms with Crippen molar-refractivity contribution in [3.63, 3.8) is 0 Å². The summed E-state index contributed by atoms with van der Waals surface area (Å²) in [5, 5.41) is 11.1. The number of nitrogens with one attached hydrogen (secondary N) is 1. The van der Waals surface area contributed by atoms with E-state index in [2.05, 4.69) is 15.5 Å². The Morgan fingerprint density at radius 1 is 0.960 bits per heavy atom. The molecule has 1 N–H and O–H groups in total. The third-order valence-electron chi connectivity index (χ3n) is 4.25. The van der Waals surface area contributed by atoms with E-state index in [1.165, 1.54) is 18.2 Å². The van der Waals surface area contributed by atoms with Crippen LogP contribution in [0.4, 0.5) is 8.78 Å². The van der Waals surface area contributed by atoms with Gasteiger partial charge in [-0.3, -0.25) is 0 Å². The zero-order valence-electron chi connectivity index (χ0n) is 13.3. The van der Waals surface area contributed by atoms with Gasteiger partial charge in [-0.05, 0) is 58.7 Å². The lowest BCUT2D eigenvalue weighted by atomic mass is 9.92. The molecule has 0 amide bonds. The lowest BCUT2D eigenvalue weighted by molar-refractivity contribution is 0.627. The molecular formula is C20H15F2N3. The molecular weight excluding hydrogens is 320 g/mol. The van der Waals surface area contributed by atoms with E-state index in [4.69, 9.17) is 0 Å². The van der Waals surface area contributed by atoms with Crippen LogP contribution < -0.4 is 5.32 Å². The van der Waals surface area contributed by atoms with Crippen molar-refractivity contribution in [2.24, 2.45) is 0 Å². The highest BCUT2D eigenvalue weighted by atomic mass is 19.1. The van der Waals surface area contributed by atoms with Gasteiger partial charge in [0.05, 0.1) is 5.69 Å². The second-order valence-electron chi connectivity index (χ2n) is 5.85. The van der Waals surface area contributed by atoms with Gasteiger partial charge >= 0.3 is 0 Å². The molecule has 25 heavy (non-hydrogen) atoms. The van der Waals surface area contributed by atoms with E-state index >= 15 is 0 Å². The first-order valence-electron chi connectivity index (χ1n) is 8.00. The number of halogens is 2. The van der Waals surface area contributed by atoms with Crippen LogP contribution in [0.3, 0.4) is 0 Å². The first kappa shape index (κ1) is 15.6. The van der Waals surface area contributed by atoms with Gasteiger partial charge in [0.1, 0.15) is 11.6 Å². The summed E-state index contributed by atoms with van der Waals surface area (Å²) in [6.45, 7) is 1.27. The van der Waals surface area contributed by atoms with Crippen molar-refractivity contribution in [1.29, 1.82) is 0 Å². The number of hydrogen-bond donors (Lipinski definition) is 1. The number of rotatable bonds is 2. The van der Waals surface area contributed by atoms with Gasteiger partial charge < -0.3 is 5.32 Å². The van der Waals surface area contributed by atoms with Gasteiger partial charge in [0.2, 0.25) is 0 Å². The van der Waals surface area contributed by atoms with Crippen LogP contribution in [0, 0.1) is 11.6 Å². The monoisotopic (exact) mass is 335 g/mol. The Morgan fingerprint density at radius 3 is 2.56 bits per heavy atom. The predicted molar refractivity (Wildman–Crippen MR) is 92.6 cm³/mol. The third kappa shape index (κ3) is 3.06. The maximum atomic E-state index is 14.8. The minimum absolute atomic E-state index is 0.291. The van der Waals surface area contributed by atoms with E-state index in [1.807, 2.05) is 12.1 Å². The predicted octanol–water partition coefficient (Wildman–Crippen LogP) is 3.96. The molecule has 2 heterocycles. The normalized spacial score (nSPS) is 13.8. The topological polar surface area (TPSA) is 37.8 Å². The summed E-state index contributed by atoms with van der Waals surface area (Å²) >= 11 is 0. The van der Waals surface area contributed by atoms with Gasteiger partial charge in [0, 0.05) is 24.8 Å². The second-order valence-corrected chi connectivity index (χ2v) is 5.85. The van der Waals surface area contributed by atoms with Crippen molar-refractivity contribution >= 4 is 5.57 Å². The minimum atomic E-state index is -0.353. The van der Waals surface area contributed by atoms with E-state index in [9.17, 15) is 8.78 Å². The fourth-order valence-corrected chi connectivity index (χ4v) is 3.05. The van der Waals surface area contributed by atoms with Gasteiger partial charge in [0.15, 0.2) is 0 Å². The van der Waals surface area contributed by atoms with Crippen molar-refractivity contribution in [1.82, 2.24) is 15.5 Å². The van der Waals surface area contributed by atoms with Crippen LogP contribution in [0.5, 0.6) is 0 Å². The number of nitrogens with zero attached hydrogens (tertiary/aromatic N) is 2. The number of hydrogen-bond acceptors (Lipinski definition) is 3. The first-order chi connectivity index (χ1) is 12.2. The van der Waals surface area contributed by atoms with Crippen LogP contribution in [0.1, 0.15) is 16.7 Å². The van der Waals surface area contributed by atoms with E-state index in [0.717, 1.165) is 22.3 Å². The van der Waals surface area contributed by atoms with Crippen molar-refractivity contribution in [3.8, 4) is 11.3 Å². The van der Waals surface area contributed by atoms with Crippen LogP contribution in [-0.4, -0.2) is 16.7 Å². The van der Waals surface area contributed by atoms with Crippen LogP contribution in [-0.2, 0) is 6.54 Å². The summed E-state index contributed by atoms with van der Waals surface area (Å²) in [6, 6.07) is 13.1. The number of aromatic nitrogens is 2. The number of fused-ring (bicyclic) bond motifs is 1. The second kappa shape index (κ2) is 6.53. The Morgan fingerprint density at radius 2 is 1.80 bits per heavy atom. The summed E-state index contributed by atoms with van der Waals surface area (Å²) in [7, 11) is 0. The molecule has 1 aliphatic rings.